The van der Waals surface area contributed by atoms with E-state index in [9.17, 15) is 0 Å². The van der Waals surface area contributed by atoms with Gasteiger partial charge in [-0.15, -0.1) is 11.3 Å². The quantitative estimate of drug-likeness (QED) is 0.816. The topological polar surface area (TPSA) is 29.3 Å². The Balaban J connectivity index is 2.19. The van der Waals surface area contributed by atoms with Gasteiger partial charge >= 0.3 is 0 Å². The minimum atomic E-state index is 0.166. The van der Waals surface area contributed by atoms with E-state index in [-0.39, 0.29) is 6.04 Å². The monoisotopic (exact) mass is 366 g/mol. The third kappa shape index (κ3) is 4.56. The molecule has 1 aromatic carbocycles. The molecule has 2 atom stereocenters. The summed E-state index contributed by atoms with van der Waals surface area (Å²) in [6.45, 7) is 4.33. The van der Waals surface area contributed by atoms with Crippen molar-refractivity contribution in [1.82, 2.24) is 0 Å². The second kappa shape index (κ2) is 7.43. The van der Waals surface area contributed by atoms with Gasteiger partial charge in [-0.1, -0.05) is 22.0 Å². The summed E-state index contributed by atoms with van der Waals surface area (Å²) < 4.78 is 1.11. The van der Waals surface area contributed by atoms with Crippen LogP contribution < -0.4 is 10.6 Å². The molecule has 1 heterocycles. The number of rotatable bonds is 6. The van der Waals surface area contributed by atoms with Gasteiger partial charge < -0.3 is 10.6 Å². The fourth-order valence-corrected chi connectivity index (χ4v) is 3.74. The highest BCUT2D eigenvalue weighted by Gasteiger charge is 2.15. The number of thiophene rings is 1. The van der Waals surface area contributed by atoms with Gasteiger partial charge in [-0.25, -0.2) is 0 Å². The molecule has 0 saturated carbocycles. The number of halogens is 1. The van der Waals surface area contributed by atoms with Gasteiger partial charge in [0.2, 0.25) is 0 Å². The molecule has 0 spiro atoms. The molecule has 1 aromatic heterocycles. The molecule has 0 amide bonds. The summed E-state index contributed by atoms with van der Waals surface area (Å²) in [5.74, 6) is 0. The molecule has 2 aromatic rings. The van der Waals surface area contributed by atoms with E-state index in [0.717, 1.165) is 17.3 Å². The molecule has 114 valence electrons. The van der Waals surface area contributed by atoms with Crippen molar-refractivity contribution in [1.29, 1.82) is 0 Å². The summed E-state index contributed by atoms with van der Waals surface area (Å²) in [4.78, 5) is 3.80. The Morgan fingerprint density at radius 2 is 2.00 bits per heavy atom. The SMILES string of the molecule is CC(N)Cc1cc(Br)ccc1N(C)C(C)Cc1cccs1. The first kappa shape index (κ1) is 16.5. The van der Waals surface area contributed by atoms with Crippen LogP contribution in [0.4, 0.5) is 5.69 Å². The molecule has 0 saturated heterocycles. The lowest BCUT2D eigenvalue weighted by molar-refractivity contribution is 0.677. The van der Waals surface area contributed by atoms with E-state index in [1.54, 1.807) is 0 Å². The summed E-state index contributed by atoms with van der Waals surface area (Å²) in [7, 11) is 2.17. The van der Waals surface area contributed by atoms with Crippen molar-refractivity contribution in [3.8, 4) is 0 Å². The van der Waals surface area contributed by atoms with Crippen LogP contribution in [-0.2, 0) is 12.8 Å². The highest BCUT2D eigenvalue weighted by Crippen LogP contribution is 2.27. The van der Waals surface area contributed by atoms with Crippen LogP contribution in [0.3, 0.4) is 0 Å². The van der Waals surface area contributed by atoms with E-state index in [4.69, 9.17) is 5.73 Å². The summed E-state index contributed by atoms with van der Waals surface area (Å²) in [5, 5.41) is 2.14. The van der Waals surface area contributed by atoms with E-state index in [1.165, 1.54) is 16.1 Å². The minimum absolute atomic E-state index is 0.166. The van der Waals surface area contributed by atoms with Gasteiger partial charge in [-0.3, -0.25) is 0 Å². The Morgan fingerprint density at radius 1 is 1.24 bits per heavy atom. The molecule has 0 aliphatic rings. The lowest BCUT2D eigenvalue weighted by Crippen LogP contribution is -2.32. The Bertz CT molecular complexity index is 566. The standard InChI is InChI=1S/C17H23BrN2S/c1-12(19)9-14-11-15(18)6-7-17(14)20(3)13(2)10-16-5-4-8-21-16/h4-8,11-13H,9-10,19H2,1-3H3. The summed E-state index contributed by atoms with van der Waals surface area (Å²) in [6.07, 6.45) is 1.96. The zero-order valence-corrected chi connectivity index (χ0v) is 15.2. The van der Waals surface area contributed by atoms with Gasteiger partial charge in [-0.05, 0) is 55.5 Å². The predicted molar refractivity (Wildman–Crippen MR) is 97.4 cm³/mol. The van der Waals surface area contributed by atoms with E-state index >= 15 is 0 Å². The molecular weight excluding hydrogens is 344 g/mol. The normalized spacial score (nSPS) is 14.0. The minimum Gasteiger partial charge on any atom is -0.371 e. The number of hydrogen-bond acceptors (Lipinski definition) is 3. The van der Waals surface area contributed by atoms with Crippen molar-refractivity contribution in [3.05, 3.63) is 50.6 Å². The van der Waals surface area contributed by atoms with Crippen LogP contribution in [0, 0.1) is 0 Å². The van der Waals surface area contributed by atoms with Crippen LogP contribution in [0.1, 0.15) is 24.3 Å². The second-order valence-corrected chi connectivity index (χ2v) is 7.65. The van der Waals surface area contributed by atoms with Gasteiger partial charge in [0.1, 0.15) is 0 Å². The Labute approximate surface area is 140 Å². The van der Waals surface area contributed by atoms with Crippen LogP contribution in [0.15, 0.2) is 40.2 Å². The average Bonchev–Trinajstić information content (AvgIpc) is 2.90. The molecular formula is C17H23BrN2S. The van der Waals surface area contributed by atoms with Crippen LogP contribution >= 0.6 is 27.3 Å². The maximum Gasteiger partial charge on any atom is 0.0400 e. The number of benzene rings is 1. The lowest BCUT2D eigenvalue weighted by atomic mass is 10.0. The molecule has 0 bridgehead atoms. The van der Waals surface area contributed by atoms with Crippen LogP contribution in [0.2, 0.25) is 0 Å². The molecule has 4 heteroatoms. The van der Waals surface area contributed by atoms with Gasteiger partial charge in [0, 0.05) is 40.6 Å². The fraction of sp³-hybridized carbons (Fsp3) is 0.412. The van der Waals surface area contributed by atoms with E-state index in [1.807, 2.05) is 11.3 Å². The van der Waals surface area contributed by atoms with Crippen molar-refractivity contribution >= 4 is 33.0 Å². The third-order valence-corrected chi connectivity index (χ3v) is 5.09. The van der Waals surface area contributed by atoms with Crippen molar-refractivity contribution in [3.63, 3.8) is 0 Å². The molecule has 0 aliphatic heterocycles. The number of nitrogens with zero attached hydrogens (tertiary/aromatic N) is 1. The van der Waals surface area contributed by atoms with Crippen LogP contribution in [0.5, 0.6) is 0 Å². The first-order chi connectivity index (χ1) is 9.97. The first-order valence-electron chi connectivity index (χ1n) is 7.26. The molecule has 2 nitrogen and oxygen atoms in total. The van der Waals surface area contributed by atoms with Crippen molar-refractivity contribution in [2.75, 3.05) is 11.9 Å². The van der Waals surface area contributed by atoms with Gasteiger partial charge in [0.05, 0.1) is 0 Å². The van der Waals surface area contributed by atoms with E-state index in [2.05, 4.69) is 77.4 Å². The summed E-state index contributed by atoms with van der Waals surface area (Å²) in [6, 6.07) is 11.4. The molecule has 0 fully saturated rings. The zero-order valence-electron chi connectivity index (χ0n) is 12.8. The van der Waals surface area contributed by atoms with Gasteiger partial charge in [0.15, 0.2) is 0 Å². The predicted octanol–water partition coefficient (Wildman–Crippen LogP) is 4.47. The number of anilines is 1. The zero-order chi connectivity index (χ0) is 15.4. The van der Waals surface area contributed by atoms with Crippen molar-refractivity contribution in [2.45, 2.75) is 38.8 Å². The number of likely N-dealkylation sites (N-methyl/N-ethyl adjacent to an activating group) is 1. The smallest absolute Gasteiger partial charge is 0.0400 e. The summed E-state index contributed by atoms with van der Waals surface area (Å²) >= 11 is 5.39. The number of nitrogens with two attached hydrogens (primary N) is 1. The Morgan fingerprint density at radius 3 is 2.62 bits per heavy atom. The Hall–Kier alpha value is -0.840. The average molecular weight is 367 g/mol. The molecule has 2 rings (SSSR count). The molecule has 2 N–H and O–H groups in total. The summed E-state index contributed by atoms with van der Waals surface area (Å²) in [5.41, 5.74) is 8.58. The van der Waals surface area contributed by atoms with Gasteiger partial charge in [-0.2, -0.15) is 0 Å². The second-order valence-electron chi connectivity index (χ2n) is 5.70. The highest BCUT2D eigenvalue weighted by atomic mass is 79.9. The van der Waals surface area contributed by atoms with E-state index in [0.29, 0.717) is 6.04 Å². The molecule has 0 radical (unpaired) electrons. The fourth-order valence-electron chi connectivity index (χ4n) is 2.50. The van der Waals surface area contributed by atoms with Crippen LogP contribution in [0.25, 0.3) is 0 Å². The van der Waals surface area contributed by atoms with E-state index < -0.39 is 0 Å². The van der Waals surface area contributed by atoms with Crippen LogP contribution in [-0.4, -0.2) is 19.1 Å². The van der Waals surface area contributed by atoms with Crippen molar-refractivity contribution < 1.29 is 0 Å². The highest BCUT2D eigenvalue weighted by molar-refractivity contribution is 9.10. The third-order valence-electron chi connectivity index (χ3n) is 3.70. The van der Waals surface area contributed by atoms with Gasteiger partial charge in [0.25, 0.3) is 0 Å². The molecule has 2 unspecified atom stereocenters. The largest absolute Gasteiger partial charge is 0.371 e. The first-order valence-corrected chi connectivity index (χ1v) is 8.94. The molecule has 0 aliphatic carbocycles. The maximum atomic E-state index is 6.00. The molecule has 21 heavy (non-hydrogen) atoms. The number of hydrogen-bond donors (Lipinski definition) is 1. The lowest BCUT2D eigenvalue weighted by Gasteiger charge is -2.29. The Kier molecular flexibility index (Phi) is 5.85. The maximum absolute atomic E-state index is 6.00. The van der Waals surface area contributed by atoms with Crippen molar-refractivity contribution in [2.24, 2.45) is 5.73 Å².